The normalized spacial score (nSPS) is 10.4. The number of ketones is 1. The third kappa shape index (κ3) is 2.52. The van der Waals surface area contributed by atoms with Crippen molar-refractivity contribution in [1.29, 1.82) is 0 Å². The average Bonchev–Trinajstić information content (AvgIpc) is 2.40. The third-order valence-electron chi connectivity index (χ3n) is 2.91. The van der Waals surface area contributed by atoms with Gasteiger partial charge in [-0.05, 0) is 18.6 Å². The molecule has 104 valence electrons. The molecule has 0 saturated carbocycles. The molecule has 0 aliphatic rings. The second kappa shape index (κ2) is 5.36. The van der Waals surface area contributed by atoms with E-state index in [0.717, 1.165) is 18.2 Å². The molecule has 0 unspecified atom stereocenters. The van der Waals surface area contributed by atoms with Gasteiger partial charge < -0.3 is 4.74 Å². The van der Waals surface area contributed by atoms with Gasteiger partial charge in [0.2, 0.25) is 0 Å². The lowest BCUT2D eigenvalue weighted by Gasteiger charge is -2.07. The minimum atomic E-state index is -1.05. The predicted molar refractivity (Wildman–Crippen MR) is 67.5 cm³/mol. The summed E-state index contributed by atoms with van der Waals surface area (Å²) in [5.41, 5.74) is -0.498. The zero-order valence-electron chi connectivity index (χ0n) is 10.8. The summed E-state index contributed by atoms with van der Waals surface area (Å²) in [5, 5.41) is 0. The quantitative estimate of drug-likeness (QED) is 0.802. The molecule has 2 aromatic carbocycles. The number of benzene rings is 2. The minimum Gasteiger partial charge on any atom is -0.497 e. The Morgan fingerprint density at radius 1 is 1.00 bits per heavy atom. The summed E-state index contributed by atoms with van der Waals surface area (Å²) in [7, 11) is 1.26. The van der Waals surface area contributed by atoms with Gasteiger partial charge in [-0.1, -0.05) is 12.1 Å². The van der Waals surface area contributed by atoms with E-state index in [4.69, 9.17) is 4.74 Å². The number of hydrogen-bond acceptors (Lipinski definition) is 2. The Labute approximate surface area is 113 Å². The molecule has 2 aromatic rings. The van der Waals surface area contributed by atoms with Crippen molar-refractivity contribution in [3.63, 3.8) is 0 Å². The van der Waals surface area contributed by atoms with Crippen LogP contribution in [-0.4, -0.2) is 12.9 Å². The summed E-state index contributed by atoms with van der Waals surface area (Å²) >= 11 is 0. The number of aryl methyl sites for hydroxylation is 1. The van der Waals surface area contributed by atoms with Crippen LogP contribution in [0.1, 0.15) is 21.5 Å². The van der Waals surface area contributed by atoms with Crippen LogP contribution in [0.15, 0.2) is 30.3 Å². The molecule has 0 radical (unpaired) electrons. The topological polar surface area (TPSA) is 26.3 Å². The second-order valence-corrected chi connectivity index (χ2v) is 4.26. The molecule has 0 bridgehead atoms. The van der Waals surface area contributed by atoms with Gasteiger partial charge in [-0.2, -0.15) is 0 Å². The van der Waals surface area contributed by atoms with E-state index < -0.39 is 28.8 Å². The summed E-state index contributed by atoms with van der Waals surface area (Å²) in [5.74, 6) is -3.65. The number of carbonyl (C=O) groups is 1. The van der Waals surface area contributed by atoms with Crippen molar-refractivity contribution in [3.05, 3.63) is 64.5 Å². The lowest BCUT2D eigenvalue weighted by atomic mass is 10.0. The molecule has 0 spiro atoms. The molecule has 0 aliphatic heterocycles. The molecule has 5 heteroatoms. The first kappa shape index (κ1) is 14.1. The van der Waals surface area contributed by atoms with E-state index >= 15 is 0 Å². The number of carbonyl (C=O) groups excluding carboxylic acids is 1. The number of methoxy groups -OCH3 is 1. The Morgan fingerprint density at radius 2 is 1.60 bits per heavy atom. The molecule has 0 amide bonds. The third-order valence-corrected chi connectivity index (χ3v) is 2.91. The van der Waals surface area contributed by atoms with Crippen LogP contribution in [0.3, 0.4) is 0 Å². The van der Waals surface area contributed by atoms with Crippen molar-refractivity contribution in [2.45, 2.75) is 6.92 Å². The summed E-state index contributed by atoms with van der Waals surface area (Å²) < 4.78 is 45.7. The van der Waals surface area contributed by atoms with E-state index in [-0.39, 0.29) is 11.3 Å². The van der Waals surface area contributed by atoms with Crippen molar-refractivity contribution < 1.29 is 22.7 Å². The van der Waals surface area contributed by atoms with E-state index in [0.29, 0.717) is 5.56 Å². The van der Waals surface area contributed by atoms with E-state index in [1.54, 1.807) is 0 Å². The molecule has 0 aromatic heterocycles. The van der Waals surface area contributed by atoms with Crippen LogP contribution in [0.4, 0.5) is 13.2 Å². The van der Waals surface area contributed by atoms with Crippen LogP contribution in [0.5, 0.6) is 5.75 Å². The highest BCUT2D eigenvalue weighted by molar-refractivity contribution is 6.09. The average molecular weight is 280 g/mol. The monoisotopic (exact) mass is 280 g/mol. The maximum absolute atomic E-state index is 13.8. The van der Waals surface area contributed by atoms with Gasteiger partial charge in [-0.15, -0.1) is 0 Å². The molecular formula is C15H11F3O2. The summed E-state index contributed by atoms with van der Waals surface area (Å²) in [6.07, 6.45) is 0. The van der Waals surface area contributed by atoms with Gasteiger partial charge in [0, 0.05) is 17.7 Å². The van der Waals surface area contributed by atoms with E-state index in [9.17, 15) is 18.0 Å². The smallest absolute Gasteiger partial charge is 0.199 e. The first-order valence-electron chi connectivity index (χ1n) is 5.78. The molecule has 0 aliphatic carbocycles. The van der Waals surface area contributed by atoms with Crippen molar-refractivity contribution >= 4 is 5.78 Å². The number of halogens is 3. The zero-order valence-corrected chi connectivity index (χ0v) is 10.8. The fraction of sp³-hybridized carbons (Fsp3) is 0.133. The molecule has 0 N–H and O–H groups in total. The van der Waals surface area contributed by atoms with Crippen LogP contribution >= 0.6 is 0 Å². The van der Waals surface area contributed by atoms with Crippen molar-refractivity contribution in [2.75, 3.05) is 7.11 Å². The predicted octanol–water partition coefficient (Wildman–Crippen LogP) is 3.65. The Kier molecular flexibility index (Phi) is 3.79. The molecule has 0 saturated heterocycles. The molecule has 0 fully saturated rings. The number of hydrogen-bond donors (Lipinski definition) is 0. The molecule has 20 heavy (non-hydrogen) atoms. The fourth-order valence-electron chi connectivity index (χ4n) is 1.76. The van der Waals surface area contributed by atoms with Crippen LogP contribution < -0.4 is 4.74 Å². The standard InChI is InChI=1S/C15H11F3O2/c1-8-3-4-9(5-11(8)16)15(19)14-12(17)6-10(20-2)7-13(14)18/h3-7H,1-2H3. The Morgan fingerprint density at radius 3 is 2.10 bits per heavy atom. The van der Waals surface area contributed by atoms with Crippen LogP contribution in [0, 0.1) is 24.4 Å². The van der Waals surface area contributed by atoms with Crippen molar-refractivity contribution in [3.8, 4) is 5.75 Å². The highest BCUT2D eigenvalue weighted by atomic mass is 19.1. The van der Waals surface area contributed by atoms with Gasteiger partial charge in [-0.3, -0.25) is 4.79 Å². The molecule has 0 heterocycles. The number of rotatable bonds is 3. The first-order valence-corrected chi connectivity index (χ1v) is 5.78. The van der Waals surface area contributed by atoms with Gasteiger partial charge >= 0.3 is 0 Å². The lowest BCUT2D eigenvalue weighted by Crippen LogP contribution is -2.08. The summed E-state index contributed by atoms with van der Waals surface area (Å²) in [6.45, 7) is 1.53. The fourth-order valence-corrected chi connectivity index (χ4v) is 1.76. The Hall–Kier alpha value is -2.30. The Bertz CT molecular complexity index is 658. The zero-order chi connectivity index (χ0) is 14.9. The summed E-state index contributed by atoms with van der Waals surface area (Å²) in [4.78, 5) is 12.1. The van der Waals surface area contributed by atoms with Crippen molar-refractivity contribution in [1.82, 2.24) is 0 Å². The highest BCUT2D eigenvalue weighted by Gasteiger charge is 2.21. The lowest BCUT2D eigenvalue weighted by molar-refractivity contribution is 0.103. The van der Waals surface area contributed by atoms with E-state index in [1.165, 1.54) is 26.2 Å². The molecular weight excluding hydrogens is 269 g/mol. The van der Waals surface area contributed by atoms with Crippen LogP contribution in [0.25, 0.3) is 0 Å². The van der Waals surface area contributed by atoms with Crippen molar-refractivity contribution in [2.24, 2.45) is 0 Å². The summed E-state index contributed by atoms with van der Waals surface area (Å²) in [6, 6.07) is 5.47. The molecule has 2 nitrogen and oxygen atoms in total. The van der Waals surface area contributed by atoms with Gasteiger partial charge in [-0.25, -0.2) is 13.2 Å². The van der Waals surface area contributed by atoms with E-state index in [2.05, 4.69) is 0 Å². The highest BCUT2D eigenvalue weighted by Crippen LogP contribution is 2.23. The largest absolute Gasteiger partial charge is 0.497 e. The minimum absolute atomic E-state index is 0.0355. The molecule has 2 rings (SSSR count). The van der Waals surface area contributed by atoms with Gasteiger partial charge in [0.1, 0.15) is 23.2 Å². The SMILES string of the molecule is COc1cc(F)c(C(=O)c2ccc(C)c(F)c2)c(F)c1. The Balaban J connectivity index is 2.50. The molecule has 0 atom stereocenters. The maximum atomic E-state index is 13.8. The first-order chi connectivity index (χ1) is 9.43. The maximum Gasteiger partial charge on any atom is 0.199 e. The van der Waals surface area contributed by atoms with Crippen LogP contribution in [-0.2, 0) is 0 Å². The van der Waals surface area contributed by atoms with Gasteiger partial charge in [0.15, 0.2) is 5.78 Å². The number of ether oxygens (including phenoxy) is 1. The van der Waals surface area contributed by atoms with Gasteiger partial charge in [0.25, 0.3) is 0 Å². The van der Waals surface area contributed by atoms with E-state index in [1.807, 2.05) is 0 Å². The van der Waals surface area contributed by atoms with Crippen LogP contribution in [0.2, 0.25) is 0 Å². The van der Waals surface area contributed by atoms with Gasteiger partial charge in [0.05, 0.1) is 12.7 Å². The second-order valence-electron chi connectivity index (χ2n) is 4.26.